The zero-order valence-corrected chi connectivity index (χ0v) is 34.0. The van der Waals surface area contributed by atoms with Crippen molar-refractivity contribution in [2.75, 3.05) is 0 Å². The molecule has 0 bridgehead atoms. The average Bonchev–Trinajstić information content (AvgIpc) is 3.59. The van der Waals surface area contributed by atoms with Gasteiger partial charge in [0.25, 0.3) is 0 Å². The third-order valence-corrected chi connectivity index (χ3v) is 14.3. The first-order valence-corrected chi connectivity index (χ1v) is 21.9. The fourth-order valence-corrected chi connectivity index (χ4v) is 11.4. The van der Waals surface area contributed by atoms with Crippen molar-refractivity contribution in [1.82, 2.24) is 0 Å². The SMILES string of the molecule is c1ccc(CCC2(CCc3ccccc3)c3cc(-c4cc5ccc6cccc7ccc(c4)c5c67)ccc3-c3ccc(-c4cc5ccc6cccc7ccc(c4)c5c67)cc32)cc1. The minimum absolute atomic E-state index is 0.200. The molecule has 1 aliphatic carbocycles. The summed E-state index contributed by atoms with van der Waals surface area (Å²) in [5.41, 5.74) is 13.4. The van der Waals surface area contributed by atoms with Crippen molar-refractivity contribution in [3.05, 3.63) is 229 Å². The van der Waals surface area contributed by atoms with Gasteiger partial charge in [-0.3, -0.25) is 0 Å². The largest absolute Gasteiger partial charge is 0.0622 e. The fraction of sp³-hybridized carbons (Fsp3) is 0.0820. The molecule has 0 heteroatoms. The summed E-state index contributed by atoms with van der Waals surface area (Å²) in [5.74, 6) is 0. The average molecular weight is 775 g/mol. The van der Waals surface area contributed by atoms with Crippen molar-refractivity contribution in [1.29, 1.82) is 0 Å². The maximum Gasteiger partial charge on any atom is 0.0222 e. The molecule has 0 atom stereocenters. The topological polar surface area (TPSA) is 0 Å². The van der Waals surface area contributed by atoms with Gasteiger partial charge in [-0.2, -0.15) is 0 Å². The Morgan fingerprint density at radius 2 is 0.607 bits per heavy atom. The molecule has 0 radical (unpaired) electrons. The lowest BCUT2D eigenvalue weighted by molar-refractivity contribution is 0.446. The Bertz CT molecular complexity index is 3260. The molecule has 13 rings (SSSR count). The molecule has 0 nitrogen and oxygen atoms in total. The molecular formula is C61H42. The molecule has 0 saturated heterocycles. The molecule has 1 aliphatic rings. The van der Waals surface area contributed by atoms with Crippen LogP contribution in [0.25, 0.3) is 98.0 Å². The molecule has 0 spiro atoms. The first-order chi connectivity index (χ1) is 30.2. The fourth-order valence-electron chi connectivity index (χ4n) is 11.4. The molecular weight excluding hydrogens is 733 g/mol. The van der Waals surface area contributed by atoms with Crippen LogP contribution in [0.2, 0.25) is 0 Å². The van der Waals surface area contributed by atoms with Crippen LogP contribution in [0, 0.1) is 0 Å². The lowest BCUT2D eigenvalue weighted by atomic mass is 9.69. The van der Waals surface area contributed by atoms with Crippen LogP contribution in [-0.4, -0.2) is 0 Å². The summed E-state index contributed by atoms with van der Waals surface area (Å²) < 4.78 is 0. The van der Waals surface area contributed by atoms with E-state index >= 15 is 0 Å². The minimum Gasteiger partial charge on any atom is -0.0622 e. The van der Waals surface area contributed by atoms with Gasteiger partial charge in [-0.05, 0) is 182 Å². The zero-order valence-electron chi connectivity index (χ0n) is 34.0. The summed E-state index contributed by atoms with van der Waals surface area (Å²) >= 11 is 0. The molecule has 0 fully saturated rings. The zero-order chi connectivity index (χ0) is 40.1. The maximum atomic E-state index is 2.57. The number of hydrogen-bond donors (Lipinski definition) is 0. The van der Waals surface area contributed by atoms with Gasteiger partial charge >= 0.3 is 0 Å². The summed E-state index contributed by atoms with van der Waals surface area (Å²) in [6.45, 7) is 0. The van der Waals surface area contributed by atoms with Crippen LogP contribution < -0.4 is 0 Å². The van der Waals surface area contributed by atoms with E-state index in [-0.39, 0.29) is 5.41 Å². The van der Waals surface area contributed by atoms with Crippen molar-refractivity contribution in [2.45, 2.75) is 31.1 Å². The lowest BCUT2D eigenvalue weighted by Crippen LogP contribution is -2.27. The third kappa shape index (κ3) is 5.38. The van der Waals surface area contributed by atoms with E-state index in [2.05, 4.69) is 206 Å². The summed E-state index contributed by atoms with van der Waals surface area (Å²) in [5, 5.41) is 15.9. The molecule has 0 aromatic heterocycles. The Labute approximate surface area is 356 Å². The molecule has 0 saturated carbocycles. The second-order valence-electron chi connectivity index (χ2n) is 17.6. The number of hydrogen-bond acceptors (Lipinski definition) is 0. The highest BCUT2D eigenvalue weighted by molar-refractivity contribution is 6.25. The van der Waals surface area contributed by atoms with Gasteiger partial charge in [-0.1, -0.05) is 170 Å². The first kappa shape index (κ1) is 34.6. The van der Waals surface area contributed by atoms with Crippen molar-refractivity contribution < 1.29 is 0 Å². The highest BCUT2D eigenvalue weighted by atomic mass is 14.5. The van der Waals surface area contributed by atoms with Gasteiger partial charge in [-0.25, -0.2) is 0 Å². The van der Waals surface area contributed by atoms with Crippen molar-refractivity contribution in [3.8, 4) is 33.4 Å². The number of fused-ring (bicyclic) bond motifs is 3. The van der Waals surface area contributed by atoms with E-state index in [0.29, 0.717) is 0 Å². The Morgan fingerprint density at radius 3 is 0.984 bits per heavy atom. The number of aryl methyl sites for hydroxylation is 2. The van der Waals surface area contributed by atoms with E-state index in [1.165, 1.54) is 120 Å². The van der Waals surface area contributed by atoms with Crippen molar-refractivity contribution in [2.24, 2.45) is 0 Å². The van der Waals surface area contributed by atoms with Gasteiger partial charge in [0, 0.05) is 5.41 Å². The molecule has 286 valence electrons. The van der Waals surface area contributed by atoms with E-state index in [0.717, 1.165) is 25.7 Å². The smallest absolute Gasteiger partial charge is 0.0222 e. The van der Waals surface area contributed by atoms with E-state index < -0.39 is 0 Å². The predicted molar refractivity (Wildman–Crippen MR) is 260 cm³/mol. The second kappa shape index (κ2) is 13.4. The van der Waals surface area contributed by atoms with Crippen LogP contribution in [0.1, 0.15) is 35.1 Å². The van der Waals surface area contributed by atoms with Crippen LogP contribution in [-0.2, 0) is 18.3 Å². The van der Waals surface area contributed by atoms with Gasteiger partial charge in [0.15, 0.2) is 0 Å². The van der Waals surface area contributed by atoms with E-state index in [4.69, 9.17) is 0 Å². The van der Waals surface area contributed by atoms with E-state index in [1.807, 2.05) is 0 Å². The maximum absolute atomic E-state index is 2.57. The molecule has 0 aliphatic heterocycles. The van der Waals surface area contributed by atoms with Gasteiger partial charge < -0.3 is 0 Å². The summed E-state index contributed by atoms with van der Waals surface area (Å²) in [7, 11) is 0. The highest BCUT2D eigenvalue weighted by Crippen LogP contribution is 2.56. The van der Waals surface area contributed by atoms with Crippen LogP contribution in [0.4, 0.5) is 0 Å². The predicted octanol–water partition coefficient (Wildman–Crippen LogP) is 16.3. The molecule has 0 N–H and O–H groups in total. The normalized spacial score (nSPS) is 13.3. The van der Waals surface area contributed by atoms with Gasteiger partial charge in [0.1, 0.15) is 0 Å². The Hall–Kier alpha value is -7.28. The van der Waals surface area contributed by atoms with Gasteiger partial charge in [0.2, 0.25) is 0 Å². The van der Waals surface area contributed by atoms with Crippen molar-refractivity contribution >= 4 is 64.6 Å². The molecule has 0 unspecified atom stereocenters. The van der Waals surface area contributed by atoms with Gasteiger partial charge in [0.05, 0.1) is 0 Å². The molecule has 0 amide bonds. The summed E-state index contributed by atoms with van der Waals surface area (Å²) in [6, 6.07) is 78.6. The van der Waals surface area contributed by atoms with Crippen molar-refractivity contribution in [3.63, 3.8) is 0 Å². The molecule has 12 aromatic rings. The standard InChI is InChI=1S/C61H42/c1-3-9-39(10-4-1)29-31-61(32-30-40-11-5-2-6-12-40)55-37-45(51-33-47-21-17-41-13-7-14-42-18-22-48(34-51)59(47)57(41)42)25-27-53(55)54-28-26-46(38-56(54)61)52-35-49-23-19-43-15-8-16-44-20-24-50(36-52)60(49)58(43)44/h1-28,33-38H,29-32H2. The quantitative estimate of drug-likeness (QED) is 0.135. The summed E-state index contributed by atoms with van der Waals surface area (Å²) in [6.07, 6.45) is 4.06. The third-order valence-electron chi connectivity index (χ3n) is 14.3. The van der Waals surface area contributed by atoms with Gasteiger partial charge in [-0.15, -0.1) is 0 Å². The first-order valence-electron chi connectivity index (χ1n) is 21.9. The molecule has 61 heavy (non-hydrogen) atoms. The number of benzene rings is 12. The second-order valence-corrected chi connectivity index (χ2v) is 17.6. The summed E-state index contributed by atoms with van der Waals surface area (Å²) in [4.78, 5) is 0. The monoisotopic (exact) mass is 774 g/mol. The Balaban J connectivity index is 1.01. The molecule has 12 aromatic carbocycles. The number of rotatable bonds is 8. The van der Waals surface area contributed by atoms with Crippen LogP contribution in [0.15, 0.2) is 206 Å². The van der Waals surface area contributed by atoms with Crippen LogP contribution in [0.5, 0.6) is 0 Å². The highest BCUT2D eigenvalue weighted by Gasteiger charge is 2.43. The van der Waals surface area contributed by atoms with E-state index in [9.17, 15) is 0 Å². The Morgan fingerprint density at radius 1 is 0.262 bits per heavy atom. The lowest BCUT2D eigenvalue weighted by Gasteiger charge is -2.33. The van der Waals surface area contributed by atoms with Crippen LogP contribution >= 0.6 is 0 Å². The minimum atomic E-state index is -0.200. The van der Waals surface area contributed by atoms with Crippen LogP contribution in [0.3, 0.4) is 0 Å². The Kier molecular flexibility index (Phi) is 7.57. The van der Waals surface area contributed by atoms with E-state index in [1.54, 1.807) is 0 Å². The molecule has 0 heterocycles.